The van der Waals surface area contributed by atoms with E-state index in [1.165, 1.54) is 34.1 Å². The van der Waals surface area contributed by atoms with Gasteiger partial charge in [-0.1, -0.05) is 6.07 Å². The first-order chi connectivity index (χ1) is 15.9. The fraction of sp³-hybridized carbons (Fsp3) is 0.304. The lowest BCUT2D eigenvalue weighted by Crippen LogP contribution is -2.42. The van der Waals surface area contributed by atoms with Crippen molar-refractivity contribution in [3.8, 4) is 0 Å². The molecule has 2 N–H and O–H groups in total. The fourth-order valence-electron chi connectivity index (χ4n) is 3.82. The van der Waals surface area contributed by atoms with Crippen LogP contribution in [0.5, 0.6) is 0 Å². The van der Waals surface area contributed by atoms with E-state index < -0.39 is 29.8 Å². The highest BCUT2D eigenvalue weighted by atomic mass is 19.1. The van der Waals surface area contributed by atoms with Crippen LogP contribution in [0.1, 0.15) is 12.0 Å². The molecule has 0 spiro atoms. The monoisotopic (exact) mass is 454 g/mol. The van der Waals surface area contributed by atoms with Crippen LogP contribution in [0.4, 0.5) is 15.8 Å². The molecule has 1 aromatic heterocycles. The highest BCUT2D eigenvalue weighted by Crippen LogP contribution is 2.25. The van der Waals surface area contributed by atoms with Gasteiger partial charge in [0, 0.05) is 43.7 Å². The highest BCUT2D eigenvalue weighted by molar-refractivity contribution is 6.01. The Balaban J connectivity index is 1.44. The van der Waals surface area contributed by atoms with E-state index in [0.29, 0.717) is 24.4 Å². The first kappa shape index (κ1) is 22.6. The summed E-state index contributed by atoms with van der Waals surface area (Å²) in [5.74, 6) is -2.04. The number of hydrogen-bond donors (Lipinski definition) is 2. The number of morpholine rings is 1. The van der Waals surface area contributed by atoms with Gasteiger partial charge < -0.3 is 25.0 Å². The predicted octanol–water partition coefficient (Wildman–Crippen LogP) is 1.20. The lowest BCUT2D eigenvalue weighted by molar-refractivity contribution is -0.132. The summed E-state index contributed by atoms with van der Waals surface area (Å²) in [5, 5.41) is 12.5. The van der Waals surface area contributed by atoms with Crippen LogP contribution in [0.2, 0.25) is 0 Å². The number of rotatable bonds is 5. The van der Waals surface area contributed by atoms with Crippen molar-refractivity contribution in [3.05, 3.63) is 60.2 Å². The Kier molecular flexibility index (Phi) is 6.76. The van der Waals surface area contributed by atoms with Crippen LogP contribution >= 0.6 is 0 Å². The summed E-state index contributed by atoms with van der Waals surface area (Å²) in [6.07, 6.45) is 5.26. The molecule has 10 heteroatoms. The minimum absolute atomic E-state index is 0.00510. The van der Waals surface area contributed by atoms with Crippen molar-refractivity contribution in [3.63, 3.8) is 0 Å². The maximum absolute atomic E-state index is 14.7. The molecule has 2 atom stereocenters. The number of aromatic nitrogens is 1. The summed E-state index contributed by atoms with van der Waals surface area (Å²) in [5.41, 5.74) is 1.00. The summed E-state index contributed by atoms with van der Waals surface area (Å²) in [6, 6.07) is 6.62. The molecule has 172 valence electrons. The quantitative estimate of drug-likeness (QED) is 0.657. The zero-order valence-corrected chi connectivity index (χ0v) is 17.7. The molecule has 3 amide bonds. The fourth-order valence-corrected chi connectivity index (χ4v) is 3.82. The van der Waals surface area contributed by atoms with Gasteiger partial charge in [0.15, 0.2) is 0 Å². The van der Waals surface area contributed by atoms with Crippen LogP contribution in [-0.2, 0) is 19.1 Å². The molecule has 0 aliphatic carbocycles. The van der Waals surface area contributed by atoms with Crippen LogP contribution in [0.25, 0.3) is 6.08 Å². The first-order valence-corrected chi connectivity index (χ1v) is 10.5. The zero-order valence-electron chi connectivity index (χ0n) is 17.7. The van der Waals surface area contributed by atoms with Gasteiger partial charge in [0.1, 0.15) is 18.5 Å². The molecule has 2 fully saturated rings. The van der Waals surface area contributed by atoms with Crippen molar-refractivity contribution in [2.75, 3.05) is 36.5 Å². The number of anilines is 2. The number of likely N-dealkylation sites (tertiary alicyclic amines) is 1. The summed E-state index contributed by atoms with van der Waals surface area (Å²) >= 11 is 0. The number of β-amino-alcohol motifs (C(OH)–C–C–N with tert-alkyl or cyclic N) is 1. The van der Waals surface area contributed by atoms with Crippen LogP contribution in [-0.4, -0.2) is 71.2 Å². The minimum Gasteiger partial charge on any atom is -0.391 e. The zero-order chi connectivity index (χ0) is 23.4. The minimum atomic E-state index is -0.953. The average molecular weight is 454 g/mol. The summed E-state index contributed by atoms with van der Waals surface area (Å²) in [4.78, 5) is 44.1. The van der Waals surface area contributed by atoms with Crippen molar-refractivity contribution < 1.29 is 28.6 Å². The lowest BCUT2D eigenvalue weighted by Gasteiger charge is -2.27. The maximum atomic E-state index is 14.7. The Hall–Kier alpha value is -3.63. The molecule has 2 aliphatic rings. The van der Waals surface area contributed by atoms with Gasteiger partial charge in [-0.25, -0.2) is 4.39 Å². The largest absolute Gasteiger partial charge is 0.391 e. The molecule has 2 aliphatic heterocycles. The Labute approximate surface area is 189 Å². The van der Waals surface area contributed by atoms with Gasteiger partial charge in [-0.15, -0.1) is 0 Å². The van der Waals surface area contributed by atoms with Crippen molar-refractivity contribution in [2.24, 2.45) is 0 Å². The SMILES string of the molecule is O=C(Nc1ccc(N2CCOCC2=O)cc1F)[C@H]1C[C@@H](O)CN1C(=O)C=Cc1cccnc1. The molecule has 0 saturated carbocycles. The molecule has 0 bridgehead atoms. The van der Waals surface area contributed by atoms with Crippen LogP contribution in [0.3, 0.4) is 0 Å². The van der Waals surface area contributed by atoms with E-state index in [1.54, 1.807) is 30.6 Å². The van der Waals surface area contributed by atoms with Gasteiger partial charge in [0.2, 0.25) is 11.8 Å². The molecule has 0 unspecified atom stereocenters. The summed E-state index contributed by atoms with van der Waals surface area (Å²) in [7, 11) is 0. The van der Waals surface area contributed by atoms with Gasteiger partial charge in [0.05, 0.1) is 18.4 Å². The second kappa shape index (κ2) is 9.88. The third-order valence-corrected chi connectivity index (χ3v) is 5.48. The lowest BCUT2D eigenvalue weighted by atomic mass is 10.1. The molecule has 33 heavy (non-hydrogen) atoms. The van der Waals surface area contributed by atoms with E-state index >= 15 is 0 Å². The van der Waals surface area contributed by atoms with Gasteiger partial charge in [-0.05, 0) is 35.9 Å². The third-order valence-electron chi connectivity index (χ3n) is 5.48. The standard InChI is InChI=1S/C23H23FN4O5/c24-18-10-16(27-8-9-33-14-22(27)31)4-5-19(18)26-23(32)20-11-17(29)13-28(20)21(30)6-3-15-2-1-7-25-12-15/h1-7,10,12,17,20,29H,8-9,11,13-14H2,(H,26,32)/t17-,20-/m1/s1. The number of halogens is 1. The normalized spacial score (nSPS) is 21.0. The van der Waals surface area contributed by atoms with Gasteiger partial charge in [0.25, 0.3) is 5.91 Å². The number of carbonyl (C=O) groups excluding carboxylic acids is 3. The van der Waals surface area contributed by atoms with Gasteiger partial charge >= 0.3 is 0 Å². The Bertz CT molecular complexity index is 1080. The second-order valence-corrected chi connectivity index (χ2v) is 7.77. The number of nitrogens with one attached hydrogen (secondary N) is 1. The van der Waals surface area contributed by atoms with Crippen LogP contribution in [0, 0.1) is 5.82 Å². The molecule has 2 aromatic rings. The van der Waals surface area contributed by atoms with Crippen molar-refractivity contribution in [1.82, 2.24) is 9.88 Å². The molecular formula is C23H23FN4O5. The highest BCUT2D eigenvalue weighted by Gasteiger charge is 2.38. The molecule has 2 saturated heterocycles. The van der Waals surface area contributed by atoms with Gasteiger partial charge in [-0.2, -0.15) is 0 Å². The number of ether oxygens (including phenoxy) is 1. The van der Waals surface area contributed by atoms with Crippen LogP contribution < -0.4 is 10.2 Å². The molecule has 0 radical (unpaired) electrons. The number of aliphatic hydroxyl groups excluding tert-OH is 1. The topological polar surface area (TPSA) is 112 Å². The maximum Gasteiger partial charge on any atom is 0.253 e. The number of aliphatic hydroxyl groups is 1. The Morgan fingerprint density at radius 3 is 2.88 bits per heavy atom. The average Bonchev–Trinajstić information content (AvgIpc) is 3.22. The summed E-state index contributed by atoms with van der Waals surface area (Å²) in [6.45, 7) is 0.598. The van der Waals surface area contributed by atoms with E-state index in [-0.39, 0.29) is 31.2 Å². The number of hydrogen-bond acceptors (Lipinski definition) is 6. The molecule has 1 aromatic carbocycles. The Morgan fingerprint density at radius 1 is 1.30 bits per heavy atom. The molecule has 9 nitrogen and oxygen atoms in total. The molecule has 4 rings (SSSR count). The van der Waals surface area contributed by atoms with Crippen molar-refractivity contribution in [1.29, 1.82) is 0 Å². The first-order valence-electron chi connectivity index (χ1n) is 10.5. The van der Waals surface area contributed by atoms with E-state index in [9.17, 15) is 23.9 Å². The van der Waals surface area contributed by atoms with E-state index in [2.05, 4.69) is 10.3 Å². The number of pyridine rings is 1. The van der Waals surface area contributed by atoms with Gasteiger partial charge in [-0.3, -0.25) is 19.4 Å². The van der Waals surface area contributed by atoms with E-state index in [4.69, 9.17) is 4.74 Å². The van der Waals surface area contributed by atoms with E-state index in [0.717, 1.165) is 0 Å². The number of carbonyl (C=O) groups is 3. The number of nitrogens with zero attached hydrogens (tertiary/aromatic N) is 3. The molecule has 3 heterocycles. The predicted molar refractivity (Wildman–Crippen MR) is 118 cm³/mol. The Morgan fingerprint density at radius 2 is 2.15 bits per heavy atom. The van der Waals surface area contributed by atoms with Crippen molar-refractivity contribution in [2.45, 2.75) is 18.6 Å². The smallest absolute Gasteiger partial charge is 0.253 e. The molecular weight excluding hydrogens is 431 g/mol. The van der Waals surface area contributed by atoms with Crippen molar-refractivity contribution >= 4 is 35.2 Å². The summed E-state index contributed by atoms with van der Waals surface area (Å²) < 4.78 is 19.8. The second-order valence-electron chi connectivity index (χ2n) is 7.77. The van der Waals surface area contributed by atoms with E-state index in [1.807, 2.05) is 0 Å². The number of amides is 3. The van der Waals surface area contributed by atoms with Crippen LogP contribution in [0.15, 0.2) is 48.8 Å². The third kappa shape index (κ3) is 5.24. The number of benzene rings is 1.